The minimum absolute atomic E-state index is 0.114. The largest absolute Gasteiger partial charge is 0.496 e. The highest BCUT2D eigenvalue weighted by Gasteiger charge is 2.25. The van der Waals surface area contributed by atoms with Crippen LogP contribution >= 0.6 is 15.9 Å². The Morgan fingerprint density at radius 2 is 1.93 bits per heavy atom. The molecule has 208 valence electrons. The number of ether oxygens (including phenoxy) is 3. The van der Waals surface area contributed by atoms with Gasteiger partial charge in [-0.3, -0.25) is 14.9 Å². The summed E-state index contributed by atoms with van der Waals surface area (Å²) in [4.78, 5) is 41.2. The van der Waals surface area contributed by atoms with Crippen molar-refractivity contribution in [3.05, 3.63) is 91.2 Å². The molecule has 0 amide bonds. The van der Waals surface area contributed by atoms with E-state index in [1.54, 1.807) is 55.6 Å². The molecule has 0 aliphatic rings. The predicted octanol–water partition coefficient (Wildman–Crippen LogP) is 5.31. The molecular formula is C28H21BrN4O8. The van der Waals surface area contributed by atoms with Gasteiger partial charge >= 0.3 is 11.7 Å². The fourth-order valence-electron chi connectivity index (χ4n) is 4.15. The molecule has 0 unspecified atom stereocenters. The molecule has 2 heterocycles. The molecule has 0 spiro atoms. The van der Waals surface area contributed by atoms with Gasteiger partial charge in [0.15, 0.2) is 11.9 Å². The van der Waals surface area contributed by atoms with Crippen LogP contribution in [-0.2, 0) is 9.53 Å². The molecule has 12 nitrogen and oxygen atoms in total. The first-order valence-corrected chi connectivity index (χ1v) is 12.9. The van der Waals surface area contributed by atoms with Crippen molar-refractivity contribution in [2.24, 2.45) is 5.10 Å². The number of halogens is 1. The number of furan rings is 1. The Bertz CT molecular complexity index is 1910. The second-order valence-corrected chi connectivity index (χ2v) is 9.54. The van der Waals surface area contributed by atoms with E-state index in [9.17, 15) is 19.7 Å². The Balaban J connectivity index is 1.64. The number of esters is 1. The van der Waals surface area contributed by atoms with E-state index in [0.29, 0.717) is 27.6 Å². The van der Waals surface area contributed by atoms with Gasteiger partial charge in [0.25, 0.3) is 5.56 Å². The Labute approximate surface area is 240 Å². The van der Waals surface area contributed by atoms with Crippen molar-refractivity contribution < 1.29 is 28.3 Å². The number of para-hydroxylation sites is 1. The maximum absolute atomic E-state index is 13.6. The summed E-state index contributed by atoms with van der Waals surface area (Å²) in [6, 6.07) is 16.5. The molecule has 41 heavy (non-hydrogen) atoms. The summed E-state index contributed by atoms with van der Waals surface area (Å²) in [5.41, 5.74) is 0.318. The van der Waals surface area contributed by atoms with E-state index in [2.05, 4.69) is 30.8 Å². The molecule has 0 saturated carbocycles. The van der Waals surface area contributed by atoms with Crippen LogP contribution in [0.2, 0.25) is 0 Å². The quantitative estimate of drug-likeness (QED) is 0.0973. The maximum atomic E-state index is 13.6. The lowest BCUT2D eigenvalue weighted by molar-refractivity contribution is -0.386. The normalized spacial score (nSPS) is 12.1. The van der Waals surface area contributed by atoms with Gasteiger partial charge in [0, 0.05) is 11.6 Å². The van der Waals surface area contributed by atoms with E-state index in [4.69, 9.17) is 13.9 Å². The van der Waals surface area contributed by atoms with Gasteiger partial charge in [0.2, 0.25) is 11.6 Å². The highest BCUT2D eigenvalue weighted by atomic mass is 79.9. The second kappa shape index (κ2) is 11.2. The van der Waals surface area contributed by atoms with Crippen molar-refractivity contribution in [3.8, 4) is 23.1 Å². The number of rotatable bonds is 8. The number of carbonyl (C=O) groups is 1. The summed E-state index contributed by atoms with van der Waals surface area (Å²) in [5.74, 6) is 0.0970. The van der Waals surface area contributed by atoms with E-state index in [0.717, 1.165) is 4.68 Å². The molecular weight excluding hydrogens is 600 g/mol. The topological polar surface area (TPSA) is 148 Å². The molecule has 0 bridgehead atoms. The van der Waals surface area contributed by atoms with Crippen molar-refractivity contribution in [3.63, 3.8) is 0 Å². The summed E-state index contributed by atoms with van der Waals surface area (Å²) in [6.45, 7) is 1.41. The molecule has 5 rings (SSSR count). The molecule has 13 heteroatoms. The number of fused-ring (bicyclic) bond motifs is 2. The van der Waals surface area contributed by atoms with Crippen molar-refractivity contribution in [1.82, 2.24) is 9.66 Å². The van der Waals surface area contributed by atoms with Crippen LogP contribution in [0.1, 0.15) is 12.5 Å². The van der Waals surface area contributed by atoms with Crippen LogP contribution in [0.25, 0.3) is 33.5 Å². The first kappa shape index (κ1) is 27.5. The number of hydrogen-bond donors (Lipinski definition) is 0. The fourth-order valence-corrected chi connectivity index (χ4v) is 4.71. The van der Waals surface area contributed by atoms with E-state index >= 15 is 0 Å². The van der Waals surface area contributed by atoms with E-state index < -0.39 is 28.2 Å². The van der Waals surface area contributed by atoms with Crippen molar-refractivity contribution in [2.75, 3.05) is 14.2 Å². The number of hydrogen-bond acceptors (Lipinski definition) is 10. The van der Waals surface area contributed by atoms with Gasteiger partial charge in [-0.1, -0.05) is 18.2 Å². The van der Waals surface area contributed by atoms with Gasteiger partial charge in [0.1, 0.15) is 11.3 Å². The molecule has 2 aromatic heterocycles. The first-order valence-electron chi connectivity index (χ1n) is 12.1. The summed E-state index contributed by atoms with van der Waals surface area (Å²) in [6.07, 6.45) is 0.178. The third kappa shape index (κ3) is 5.26. The molecule has 1 atom stereocenters. The third-order valence-electron chi connectivity index (χ3n) is 6.11. The summed E-state index contributed by atoms with van der Waals surface area (Å²) in [5, 5.41) is 17.2. The summed E-state index contributed by atoms with van der Waals surface area (Å²) >= 11 is 3.27. The van der Waals surface area contributed by atoms with Crippen molar-refractivity contribution >= 4 is 55.7 Å². The SMILES string of the molecule is COC(=O)[C@@H](C)Oc1c(Br)cc(C=Nn2c(-c3cc4c(OC)cccc4o3)nc3ccccc3c2=O)cc1[N+](=O)[O-]. The van der Waals surface area contributed by atoms with Crippen molar-refractivity contribution in [1.29, 1.82) is 0 Å². The van der Waals surface area contributed by atoms with Crippen LogP contribution < -0.4 is 15.0 Å². The van der Waals surface area contributed by atoms with Gasteiger partial charge in [-0.2, -0.15) is 9.78 Å². The monoisotopic (exact) mass is 620 g/mol. The van der Waals surface area contributed by atoms with E-state index in [1.807, 2.05) is 0 Å². The first-order chi connectivity index (χ1) is 19.7. The number of aromatic nitrogens is 2. The Morgan fingerprint density at radius 1 is 1.15 bits per heavy atom. The standard InChI is InChI=1S/C28H21BrN4O8/c1-15(28(35)39-3)40-25-19(29)11-16(12-21(25)33(36)37)14-30-32-26(31-20-8-5-4-7-17(20)27(32)34)24-13-18-22(38-2)9-6-10-23(18)41-24/h4-15H,1-3H3/t15-/m1/s1. The highest BCUT2D eigenvalue weighted by Crippen LogP contribution is 2.37. The summed E-state index contributed by atoms with van der Waals surface area (Å²) in [7, 11) is 2.73. The van der Waals surface area contributed by atoms with Crippen LogP contribution in [0.4, 0.5) is 5.69 Å². The second-order valence-electron chi connectivity index (χ2n) is 8.69. The van der Waals surface area contributed by atoms with Gasteiger partial charge in [-0.15, -0.1) is 0 Å². The van der Waals surface area contributed by atoms with Gasteiger partial charge in [-0.25, -0.2) is 9.78 Å². The number of nitro groups is 1. The number of methoxy groups -OCH3 is 2. The van der Waals surface area contributed by atoms with Crippen LogP contribution in [0, 0.1) is 10.1 Å². The molecule has 0 radical (unpaired) electrons. The molecule has 0 saturated heterocycles. The highest BCUT2D eigenvalue weighted by molar-refractivity contribution is 9.10. The average Bonchev–Trinajstić information content (AvgIpc) is 3.41. The Hall–Kier alpha value is -5.04. The van der Waals surface area contributed by atoms with Crippen molar-refractivity contribution in [2.45, 2.75) is 13.0 Å². The predicted molar refractivity (Wildman–Crippen MR) is 154 cm³/mol. The fraction of sp³-hybridized carbons (Fsp3) is 0.143. The molecule has 0 aliphatic heterocycles. The lowest BCUT2D eigenvalue weighted by atomic mass is 10.2. The van der Waals surface area contributed by atoms with Gasteiger partial charge < -0.3 is 18.6 Å². The van der Waals surface area contributed by atoms with Gasteiger partial charge in [0.05, 0.1) is 46.1 Å². The van der Waals surface area contributed by atoms with E-state index in [1.165, 1.54) is 32.4 Å². The van der Waals surface area contributed by atoms with Crippen LogP contribution in [0.3, 0.4) is 0 Å². The molecule has 0 aliphatic carbocycles. The zero-order valence-corrected chi connectivity index (χ0v) is 23.4. The Kier molecular flexibility index (Phi) is 7.53. The lowest BCUT2D eigenvalue weighted by Crippen LogP contribution is -2.25. The average molecular weight is 621 g/mol. The van der Waals surface area contributed by atoms with E-state index in [-0.39, 0.29) is 27.4 Å². The molecule has 3 aromatic carbocycles. The zero-order valence-electron chi connectivity index (χ0n) is 21.9. The van der Waals surface area contributed by atoms with Crippen LogP contribution in [0.5, 0.6) is 11.5 Å². The molecule has 0 fully saturated rings. The lowest BCUT2D eigenvalue weighted by Gasteiger charge is -2.14. The van der Waals surface area contributed by atoms with Gasteiger partial charge in [-0.05, 0) is 59.3 Å². The smallest absolute Gasteiger partial charge is 0.346 e. The molecule has 5 aromatic rings. The maximum Gasteiger partial charge on any atom is 0.346 e. The number of benzene rings is 3. The number of nitrogens with zero attached hydrogens (tertiary/aromatic N) is 4. The minimum Gasteiger partial charge on any atom is -0.496 e. The third-order valence-corrected chi connectivity index (χ3v) is 6.70. The zero-order chi connectivity index (χ0) is 29.3. The van der Waals surface area contributed by atoms with Crippen LogP contribution in [-0.4, -0.2) is 47.1 Å². The Morgan fingerprint density at radius 3 is 2.66 bits per heavy atom. The number of nitro benzene ring substituents is 1. The number of carbonyl (C=O) groups excluding carboxylic acids is 1. The molecule has 0 N–H and O–H groups in total. The minimum atomic E-state index is -1.10. The van der Waals surface area contributed by atoms with Crippen LogP contribution in [0.15, 0.2) is 79.4 Å². The summed E-state index contributed by atoms with van der Waals surface area (Å²) < 4.78 is 22.8.